The number of nitrogens with two attached hydrogens (primary N) is 1. The molecule has 0 spiro atoms. The Balaban J connectivity index is 2.11. The van der Waals surface area contributed by atoms with E-state index in [1.165, 1.54) is 0 Å². The first kappa shape index (κ1) is 16.5. The Bertz CT molecular complexity index is 651. The molecule has 1 amide bonds. The van der Waals surface area contributed by atoms with E-state index in [1.807, 2.05) is 0 Å². The van der Waals surface area contributed by atoms with Gasteiger partial charge in [-0.05, 0) is 40.6 Å². The van der Waals surface area contributed by atoms with Crippen molar-refractivity contribution in [3.63, 3.8) is 0 Å². The van der Waals surface area contributed by atoms with E-state index in [1.54, 1.807) is 0 Å². The zero-order valence-electron chi connectivity index (χ0n) is 12.0. The molecule has 6 nitrogen and oxygen atoms in total. The highest BCUT2D eigenvalue weighted by molar-refractivity contribution is 9.10. The first-order valence-corrected chi connectivity index (χ1v) is 9.05. The lowest BCUT2D eigenvalue weighted by atomic mass is 9.75. The van der Waals surface area contributed by atoms with Crippen LogP contribution in [0.4, 0.5) is 0 Å². The van der Waals surface area contributed by atoms with Gasteiger partial charge in [-0.15, -0.1) is 0 Å². The summed E-state index contributed by atoms with van der Waals surface area (Å²) >= 11 is 2.96. The second-order valence-electron chi connectivity index (χ2n) is 6.22. The standard InChI is InChI=1S/C13H19BrN2O4S/c1-13(2)5-3-4-8(7-13)16-12(17)9-6-10(11(14)20-9)21(15,18)19/h6,8H,3-5,7H2,1-2H3,(H,16,17)(H2,15,18,19). The fourth-order valence-electron chi connectivity index (χ4n) is 2.74. The number of carbonyl (C=O) groups is 1. The van der Waals surface area contributed by atoms with Crippen molar-refractivity contribution in [3.8, 4) is 0 Å². The van der Waals surface area contributed by atoms with E-state index in [9.17, 15) is 13.2 Å². The van der Waals surface area contributed by atoms with Crippen molar-refractivity contribution in [2.24, 2.45) is 10.6 Å². The molecule has 1 fully saturated rings. The lowest BCUT2D eigenvalue weighted by molar-refractivity contribution is 0.0873. The van der Waals surface area contributed by atoms with E-state index in [0.717, 1.165) is 31.7 Å². The van der Waals surface area contributed by atoms with E-state index in [4.69, 9.17) is 9.56 Å². The number of sulfonamides is 1. The van der Waals surface area contributed by atoms with Gasteiger partial charge in [0, 0.05) is 12.1 Å². The van der Waals surface area contributed by atoms with Gasteiger partial charge in [0.15, 0.2) is 10.4 Å². The summed E-state index contributed by atoms with van der Waals surface area (Å²) < 4.78 is 27.7. The molecule has 0 aromatic carbocycles. The van der Waals surface area contributed by atoms with Crippen LogP contribution in [-0.2, 0) is 10.0 Å². The van der Waals surface area contributed by atoms with E-state index in [-0.39, 0.29) is 26.8 Å². The Kier molecular flexibility index (Phi) is 4.51. The van der Waals surface area contributed by atoms with E-state index in [0.29, 0.717) is 0 Å². The lowest BCUT2D eigenvalue weighted by Gasteiger charge is -2.35. The Labute approximate surface area is 132 Å². The van der Waals surface area contributed by atoms with Crippen LogP contribution in [0.25, 0.3) is 0 Å². The largest absolute Gasteiger partial charge is 0.443 e. The van der Waals surface area contributed by atoms with Crippen molar-refractivity contribution >= 4 is 31.9 Å². The number of amides is 1. The van der Waals surface area contributed by atoms with Gasteiger partial charge < -0.3 is 9.73 Å². The number of rotatable bonds is 3. The van der Waals surface area contributed by atoms with Gasteiger partial charge in [0.2, 0.25) is 10.0 Å². The number of hydrogen-bond donors (Lipinski definition) is 2. The average molecular weight is 379 g/mol. The Hall–Kier alpha value is -0.860. The predicted molar refractivity (Wildman–Crippen MR) is 81.3 cm³/mol. The summed E-state index contributed by atoms with van der Waals surface area (Å²) in [4.78, 5) is 11.9. The van der Waals surface area contributed by atoms with Crippen LogP contribution < -0.4 is 10.5 Å². The van der Waals surface area contributed by atoms with Crippen LogP contribution in [0.1, 0.15) is 50.1 Å². The van der Waals surface area contributed by atoms with Gasteiger partial charge in [-0.25, -0.2) is 13.6 Å². The van der Waals surface area contributed by atoms with Gasteiger partial charge in [0.1, 0.15) is 4.90 Å². The number of nitrogens with one attached hydrogen (secondary N) is 1. The number of primary sulfonamides is 1. The molecule has 1 heterocycles. The molecule has 1 aromatic heterocycles. The molecule has 1 unspecified atom stereocenters. The molecule has 8 heteroatoms. The molecule has 1 saturated carbocycles. The molecule has 0 bridgehead atoms. The Morgan fingerprint density at radius 1 is 1.52 bits per heavy atom. The van der Waals surface area contributed by atoms with Crippen LogP contribution in [0.5, 0.6) is 0 Å². The van der Waals surface area contributed by atoms with Crippen LogP contribution in [0.2, 0.25) is 0 Å². The SMILES string of the molecule is CC1(C)CCCC(NC(=O)c2cc(S(N)(=O)=O)c(Br)o2)C1. The maximum Gasteiger partial charge on any atom is 0.287 e. The predicted octanol–water partition coefficient (Wildman–Crippen LogP) is 2.39. The van der Waals surface area contributed by atoms with Crippen LogP contribution >= 0.6 is 15.9 Å². The third-order valence-corrected chi connectivity index (χ3v) is 5.49. The smallest absolute Gasteiger partial charge is 0.287 e. The molecule has 1 aliphatic rings. The van der Waals surface area contributed by atoms with E-state index >= 15 is 0 Å². The van der Waals surface area contributed by atoms with Crippen LogP contribution in [-0.4, -0.2) is 20.4 Å². The lowest BCUT2D eigenvalue weighted by Crippen LogP contribution is -2.40. The fraction of sp³-hybridized carbons (Fsp3) is 0.615. The molecule has 2 rings (SSSR count). The van der Waals surface area contributed by atoms with Crippen molar-refractivity contribution in [3.05, 3.63) is 16.5 Å². The first-order valence-electron chi connectivity index (χ1n) is 6.71. The molecule has 0 aliphatic heterocycles. The van der Waals surface area contributed by atoms with Gasteiger partial charge in [-0.2, -0.15) is 0 Å². The molecule has 21 heavy (non-hydrogen) atoms. The zero-order valence-corrected chi connectivity index (χ0v) is 14.4. The van der Waals surface area contributed by atoms with Crippen LogP contribution in [0.15, 0.2) is 20.0 Å². The Morgan fingerprint density at radius 3 is 2.71 bits per heavy atom. The third-order valence-electron chi connectivity index (χ3n) is 3.73. The zero-order chi connectivity index (χ0) is 15.8. The maximum absolute atomic E-state index is 12.2. The van der Waals surface area contributed by atoms with Gasteiger partial charge in [0.25, 0.3) is 5.91 Å². The number of furan rings is 1. The minimum atomic E-state index is -3.92. The van der Waals surface area contributed by atoms with Gasteiger partial charge in [-0.3, -0.25) is 4.79 Å². The monoisotopic (exact) mass is 378 g/mol. The molecular weight excluding hydrogens is 360 g/mol. The summed E-state index contributed by atoms with van der Waals surface area (Å²) in [5.74, 6) is -0.484. The first-order chi connectivity index (χ1) is 9.58. The molecule has 1 atom stereocenters. The summed E-state index contributed by atoms with van der Waals surface area (Å²) in [6.07, 6.45) is 4.01. The molecule has 3 N–H and O–H groups in total. The van der Waals surface area contributed by atoms with Crippen LogP contribution in [0, 0.1) is 5.41 Å². The molecular formula is C13H19BrN2O4S. The fourth-order valence-corrected chi connectivity index (χ4v) is 4.24. The van der Waals surface area contributed by atoms with Crippen molar-refractivity contribution in [1.82, 2.24) is 5.32 Å². The third kappa shape index (κ3) is 4.08. The Morgan fingerprint density at radius 2 is 2.19 bits per heavy atom. The number of carbonyl (C=O) groups excluding carboxylic acids is 1. The highest BCUT2D eigenvalue weighted by atomic mass is 79.9. The van der Waals surface area contributed by atoms with Crippen molar-refractivity contribution in [2.45, 2.75) is 50.5 Å². The normalized spacial score (nSPS) is 22.0. The average Bonchev–Trinajstić information content (AvgIpc) is 2.69. The van der Waals surface area contributed by atoms with Crippen molar-refractivity contribution in [2.75, 3.05) is 0 Å². The molecule has 0 saturated heterocycles. The van der Waals surface area contributed by atoms with Gasteiger partial charge in [0.05, 0.1) is 0 Å². The number of hydrogen-bond acceptors (Lipinski definition) is 4. The van der Waals surface area contributed by atoms with Gasteiger partial charge >= 0.3 is 0 Å². The summed E-state index contributed by atoms with van der Waals surface area (Å²) in [7, 11) is -3.92. The van der Waals surface area contributed by atoms with Crippen molar-refractivity contribution in [1.29, 1.82) is 0 Å². The minimum absolute atomic E-state index is 0.0564. The topological polar surface area (TPSA) is 102 Å². The second-order valence-corrected chi connectivity index (χ2v) is 8.47. The second kappa shape index (κ2) is 5.73. The quantitative estimate of drug-likeness (QED) is 0.842. The molecule has 118 valence electrons. The summed E-state index contributed by atoms with van der Waals surface area (Å²) in [5, 5.41) is 7.94. The minimum Gasteiger partial charge on any atom is -0.443 e. The van der Waals surface area contributed by atoms with Gasteiger partial charge in [-0.1, -0.05) is 20.3 Å². The van der Waals surface area contributed by atoms with Crippen molar-refractivity contribution < 1.29 is 17.6 Å². The summed E-state index contributed by atoms with van der Waals surface area (Å²) in [5.41, 5.74) is 0.200. The summed E-state index contributed by atoms with van der Waals surface area (Å²) in [6.45, 7) is 4.35. The molecule has 1 aliphatic carbocycles. The molecule has 0 radical (unpaired) electrons. The molecule has 1 aromatic rings. The van der Waals surface area contributed by atoms with E-state index in [2.05, 4.69) is 35.1 Å². The van der Waals surface area contributed by atoms with Crippen LogP contribution in [0.3, 0.4) is 0 Å². The highest BCUT2D eigenvalue weighted by Gasteiger charge is 2.30. The maximum atomic E-state index is 12.2. The van der Waals surface area contributed by atoms with E-state index < -0.39 is 15.9 Å². The highest BCUT2D eigenvalue weighted by Crippen LogP contribution is 2.35. The summed E-state index contributed by atoms with van der Waals surface area (Å²) in [6, 6.07) is 1.21. The number of halogens is 1.